The Balaban J connectivity index is 1.11. The van der Waals surface area contributed by atoms with Gasteiger partial charge in [0, 0.05) is 11.5 Å². The van der Waals surface area contributed by atoms with E-state index in [0.29, 0.717) is 0 Å². The zero-order valence-electron chi connectivity index (χ0n) is 47.5. The lowest BCUT2D eigenvalue weighted by Crippen LogP contribution is -2.68. The van der Waals surface area contributed by atoms with E-state index in [1.165, 1.54) is 6.92 Å². The molecule has 24 N–H and O–H groups in total. The van der Waals surface area contributed by atoms with Crippen LogP contribution in [0.25, 0.3) is 0 Å². The van der Waals surface area contributed by atoms with Gasteiger partial charge in [-0.15, -0.1) is 0 Å². The third-order valence-corrected chi connectivity index (χ3v) is 18.0. The minimum Gasteiger partial charge on any atom is -0.480 e. The van der Waals surface area contributed by atoms with E-state index in [0.717, 1.165) is 11.8 Å². The van der Waals surface area contributed by atoms with Crippen molar-refractivity contribution >= 4 is 23.7 Å². The Bertz CT molecular complexity index is 2190. The molecule has 14 bridgehead atoms. The van der Waals surface area contributed by atoms with Crippen molar-refractivity contribution in [3.8, 4) is 0 Å². The fourth-order valence-electron chi connectivity index (χ4n) is 11.7. The predicted octanol–water partition coefficient (Wildman–Crippen LogP) is -13.1. The van der Waals surface area contributed by atoms with E-state index in [1.54, 1.807) is 0 Å². The topological polar surface area (TPSA) is 620 Å². The molecular weight excluding hydrogens is 1240 g/mol. The quantitative estimate of drug-likeness (QED) is 0.0724. The lowest BCUT2D eigenvalue weighted by atomic mass is 9.92. The van der Waals surface area contributed by atoms with E-state index < -0.39 is 265 Å². The minimum absolute atomic E-state index is 0.0857. The number of hydrogen-bond acceptors (Lipinski definition) is 37. The minimum atomic E-state index is -2.24. The number of aliphatic hydroxyl groups excluding tert-OH is 18. The predicted molar refractivity (Wildman–Crippen MR) is 280 cm³/mol. The Kier molecular flexibility index (Phi) is 25.9. The molecule has 0 saturated carbocycles. The van der Waals surface area contributed by atoms with Gasteiger partial charge >= 0.3 is 11.9 Å². The van der Waals surface area contributed by atoms with Crippen LogP contribution >= 0.6 is 11.8 Å². The van der Waals surface area contributed by atoms with Gasteiger partial charge in [0.25, 0.3) is 0 Å². The molecule has 14 unspecified atom stereocenters. The summed E-state index contributed by atoms with van der Waals surface area (Å²) in [7, 11) is 0. The molecule has 37 atom stereocenters. The molecule has 21 saturated heterocycles. The molecule has 0 aromatic rings. The molecule has 0 amide bonds. The van der Waals surface area contributed by atoms with Crippen molar-refractivity contribution in [3.63, 3.8) is 0 Å². The van der Waals surface area contributed by atoms with Crippen molar-refractivity contribution in [2.75, 3.05) is 37.9 Å². The number of thioether (sulfide) groups is 1. The lowest BCUT2D eigenvalue weighted by Gasteiger charge is -2.50. The van der Waals surface area contributed by atoms with Crippen molar-refractivity contribution in [3.05, 3.63) is 0 Å². The Labute approximate surface area is 509 Å². The highest BCUT2D eigenvalue weighted by molar-refractivity contribution is 7.99. The highest BCUT2D eigenvalue weighted by atomic mass is 32.2. The maximum absolute atomic E-state index is 11.8. The number of carbonyl (C=O) groups is 2. The van der Waals surface area contributed by atoms with Crippen molar-refractivity contribution in [2.24, 2.45) is 11.5 Å². The molecule has 0 aromatic heterocycles. The second-order valence-corrected chi connectivity index (χ2v) is 23.9. The molecule has 0 spiro atoms. The maximum Gasteiger partial charge on any atom is 0.321 e. The number of ether oxygens (including phenoxy) is 14. The summed E-state index contributed by atoms with van der Waals surface area (Å²) < 4.78 is 82.6. The zero-order chi connectivity index (χ0) is 65.2. The van der Waals surface area contributed by atoms with Crippen LogP contribution in [0.4, 0.5) is 0 Å². The summed E-state index contributed by atoms with van der Waals surface area (Å²) in [6.07, 6.45) is -69.7. The van der Waals surface area contributed by atoms with Crippen LogP contribution in [0.5, 0.6) is 0 Å². The van der Waals surface area contributed by atoms with Crippen LogP contribution in [0, 0.1) is 0 Å². The molecule has 89 heavy (non-hydrogen) atoms. The standard InChI is InChI=1S/C50H84N2O36S/c1-2-14-35-21(57)28(64)44(75-14)83-36-15(5-3-4-12(51)42(71)72)76-45(29(65)22(36)58)84-37-16(6-53)78-47(31(67)24(37)60)85-38-17(7-54)79-48(32(68)25(38)61)86-39-18(8-55)80-49(33(69)26(39)62)88-41-20(11-89-10-13(52)43(73)74)81-50(34(70)27(41)63)87-40-19(9-56)77-46(82-35)30(66)23(40)59/h12-41,44-50,53-70H,2-11,51-52H2,1H3,(H,71,72)(H,73,74)/t12-,13-,14?,15?,16?,17?,18?,19?,20?,21-,22-,23-,24-,25-,26-,27-,28?,29?,30?,31?,32?,33?,34?,35-,36-,37-,38-,39-,40-,41-,44+,45+,46+,47-,48-,49-,50-/m1/s1. The van der Waals surface area contributed by atoms with Gasteiger partial charge in [-0.1, -0.05) is 6.92 Å². The Morgan fingerprint density at radius 2 is 0.584 bits per heavy atom. The number of nitrogens with two attached hydrogens (primary N) is 2. The smallest absolute Gasteiger partial charge is 0.321 e. The first-order valence-corrected chi connectivity index (χ1v) is 30.0. The van der Waals surface area contributed by atoms with Crippen LogP contribution in [0.1, 0.15) is 32.6 Å². The van der Waals surface area contributed by atoms with Crippen LogP contribution in [0.15, 0.2) is 0 Å². The third kappa shape index (κ3) is 15.8. The number of rotatable bonds is 15. The van der Waals surface area contributed by atoms with Crippen LogP contribution in [-0.2, 0) is 75.9 Å². The SMILES string of the molecule is CCC1O[C@H]2O[C@@H]3C(CCC[C@@H](N)C(=O)O)O[C@@H](O[C@@H]4C(CO)O[C@H](O[C@@H]5C(CO)O[C@H](O[C@@H]6C(CO)O[C@H](O[C@@H]7C(CSC[C@@H](N)C(=O)O)O[C@H](O[C@@H]8C(CO)O[C@@H](O[C@H]1[C@H](O)C2O)C(O)[C@H]8O)C(O)[C@H]7O)C(O)[C@H]6O)C(O)[C@H]5O)C(O)[C@H]4O)C(O)[C@H]3O. The van der Waals surface area contributed by atoms with Crippen LogP contribution in [-0.4, -0.2) is 379 Å². The van der Waals surface area contributed by atoms with Gasteiger partial charge in [0.05, 0.1) is 44.7 Å². The van der Waals surface area contributed by atoms with Gasteiger partial charge in [-0.2, -0.15) is 11.8 Å². The van der Waals surface area contributed by atoms with Crippen molar-refractivity contribution in [1.82, 2.24) is 0 Å². The molecule has 38 nitrogen and oxygen atoms in total. The number of carboxylic acid groups (broad SMARTS) is 2. The summed E-state index contributed by atoms with van der Waals surface area (Å²) in [6, 6.07) is -2.86. The normalized spacial score (nSPS) is 50.1. The van der Waals surface area contributed by atoms with E-state index in [1.807, 2.05) is 0 Å². The van der Waals surface area contributed by atoms with Gasteiger partial charge in [0.2, 0.25) is 0 Å². The van der Waals surface area contributed by atoms with Gasteiger partial charge < -0.3 is 180 Å². The third-order valence-electron chi connectivity index (χ3n) is 16.9. The summed E-state index contributed by atoms with van der Waals surface area (Å²) in [5.74, 6) is -3.46. The summed E-state index contributed by atoms with van der Waals surface area (Å²) in [5.41, 5.74) is 11.5. The van der Waals surface area contributed by atoms with Crippen molar-refractivity contribution in [1.29, 1.82) is 0 Å². The lowest BCUT2D eigenvalue weighted by molar-refractivity contribution is -0.395. The number of aliphatic carboxylic acids is 2. The second-order valence-electron chi connectivity index (χ2n) is 22.9. The Morgan fingerprint density at radius 3 is 0.854 bits per heavy atom. The van der Waals surface area contributed by atoms with E-state index in [4.69, 9.17) is 77.8 Å². The molecule has 0 radical (unpaired) electrons. The van der Waals surface area contributed by atoms with E-state index >= 15 is 0 Å². The summed E-state index contributed by atoms with van der Waals surface area (Å²) in [6.45, 7) is -2.72. The number of hydrogen-bond donors (Lipinski definition) is 22. The van der Waals surface area contributed by atoms with Crippen LogP contribution in [0.3, 0.4) is 0 Å². The van der Waals surface area contributed by atoms with Crippen molar-refractivity contribution in [2.45, 2.75) is 260 Å². The molecule has 0 aromatic carbocycles. The molecule has 21 fully saturated rings. The fourth-order valence-corrected chi connectivity index (χ4v) is 12.7. The molecule has 21 heterocycles. The fraction of sp³-hybridized carbons (Fsp3) is 0.960. The summed E-state index contributed by atoms with van der Waals surface area (Å²) >= 11 is 0.817. The van der Waals surface area contributed by atoms with Gasteiger partial charge in [0.1, 0.15) is 165 Å². The van der Waals surface area contributed by atoms with Crippen LogP contribution < -0.4 is 11.5 Å². The van der Waals surface area contributed by atoms with E-state index in [2.05, 4.69) is 0 Å². The van der Waals surface area contributed by atoms with Gasteiger partial charge in [-0.05, 0) is 25.7 Å². The summed E-state index contributed by atoms with van der Waals surface area (Å²) in [5, 5.41) is 223. The van der Waals surface area contributed by atoms with Gasteiger partial charge in [-0.3, -0.25) is 9.59 Å². The van der Waals surface area contributed by atoms with Crippen LogP contribution in [0.2, 0.25) is 0 Å². The molecule has 21 aliphatic heterocycles. The highest BCUT2D eigenvalue weighted by Crippen LogP contribution is 2.40. The average molecular weight is 1320 g/mol. The largest absolute Gasteiger partial charge is 0.480 e. The highest BCUT2D eigenvalue weighted by Gasteiger charge is 2.59. The molecular formula is C50H84N2O36S. The second kappa shape index (κ2) is 31.7. The molecule has 516 valence electrons. The van der Waals surface area contributed by atoms with E-state index in [9.17, 15) is 112 Å². The van der Waals surface area contributed by atoms with Crippen molar-refractivity contribution < 1.29 is 178 Å². The molecule has 21 rings (SSSR count). The summed E-state index contributed by atoms with van der Waals surface area (Å²) in [4.78, 5) is 23.3. The maximum atomic E-state index is 11.8. The molecule has 21 aliphatic rings. The number of carboxylic acids is 2. The van der Waals surface area contributed by atoms with E-state index in [-0.39, 0.29) is 37.2 Å². The Morgan fingerprint density at radius 1 is 0.348 bits per heavy atom. The van der Waals surface area contributed by atoms with Gasteiger partial charge in [-0.25, -0.2) is 0 Å². The average Bonchev–Trinajstić information content (AvgIpc) is 1.60. The van der Waals surface area contributed by atoms with Gasteiger partial charge in [0.15, 0.2) is 44.0 Å². The molecule has 0 aliphatic carbocycles. The first-order chi connectivity index (χ1) is 42.2. The Hall–Kier alpha value is -2.07. The first kappa shape index (κ1) is 72.8. The molecule has 39 heteroatoms. The zero-order valence-corrected chi connectivity index (χ0v) is 48.3. The monoisotopic (exact) mass is 1320 g/mol. The first-order valence-electron chi connectivity index (χ1n) is 28.9. The number of aliphatic hydroxyl groups is 18.